The van der Waals surface area contributed by atoms with Crippen LogP contribution in [0, 0.1) is 13.8 Å². The molecular formula is C27H35N3O4. The van der Waals surface area contributed by atoms with Crippen molar-refractivity contribution in [1.29, 1.82) is 0 Å². The van der Waals surface area contributed by atoms with Gasteiger partial charge in [0.2, 0.25) is 0 Å². The van der Waals surface area contributed by atoms with Gasteiger partial charge in [0.05, 0.1) is 13.2 Å². The van der Waals surface area contributed by atoms with E-state index in [0.29, 0.717) is 51.3 Å². The Labute approximate surface area is 201 Å². The molecule has 7 heteroatoms. The van der Waals surface area contributed by atoms with Crippen molar-refractivity contribution in [2.45, 2.75) is 58.7 Å². The highest BCUT2D eigenvalue weighted by molar-refractivity contribution is 6.02. The number of ether oxygens (including phenoxy) is 2. The van der Waals surface area contributed by atoms with Gasteiger partial charge in [0, 0.05) is 49.7 Å². The first kappa shape index (κ1) is 24.1. The minimum atomic E-state index is -0.520. The number of phenols is 1. The van der Waals surface area contributed by atoms with Crippen LogP contribution in [0.2, 0.25) is 0 Å². The van der Waals surface area contributed by atoms with Crippen molar-refractivity contribution in [3.05, 3.63) is 58.7 Å². The first-order chi connectivity index (χ1) is 16.4. The number of likely N-dealkylation sites (tertiary alicyclic amines) is 1. The zero-order valence-corrected chi connectivity index (χ0v) is 20.6. The molecule has 2 heterocycles. The summed E-state index contributed by atoms with van der Waals surface area (Å²) in [7, 11) is 0. The van der Waals surface area contributed by atoms with Gasteiger partial charge >= 0.3 is 6.09 Å². The number of amides is 1. The second-order valence-electron chi connectivity index (χ2n) is 9.10. The molecule has 1 atom stereocenters. The van der Waals surface area contributed by atoms with E-state index in [4.69, 9.17) is 14.5 Å². The number of phenolic OH excluding ortho intramolecular Hbond substituents is 1. The molecule has 1 saturated heterocycles. The monoisotopic (exact) mass is 465 g/mol. The summed E-state index contributed by atoms with van der Waals surface area (Å²) in [6.45, 7) is 9.92. The van der Waals surface area contributed by atoms with E-state index in [0.717, 1.165) is 16.8 Å². The van der Waals surface area contributed by atoms with Crippen molar-refractivity contribution in [2.75, 3.05) is 26.3 Å². The molecule has 1 amide bonds. The summed E-state index contributed by atoms with van der Waals surface area (Å²) in [4.78, 5) is 19.2. The lowest BCUT2D eigenvalue weighted by molar-refractivity contribution is 0.0778. The number of nitrogens with zero attached hydrogens (tertiary/aromatic N) is 2. The Morgan fingerprint density at radius 2 is 1.91 bits per heavy atom. The Hall–Kier alpha value is -3.06. The number of carbonyl (C=O) groups excluding carboxylic acids is 1. The van der Waals surface area contributed by atoms with Gasteiger partial charge in [-0.05, 0) is 56.5 Å². The number of aryl methyl sites for hydroxylation is 2. The van der Waals surface area contributed by atoms with Crippen LogP contribution in [0.4, 0.5) is 4.79 Å². The molecule has 0 saturated carbocycles. The molecule has 2 aromatic rings. The van der Waals surface area contributed by atoms with Crippen LogP contribution in [0.3, 0.4) is 0 Å². The number of hydrogen-bond acceptors (Lipinski definition) is 6. The van der Waals surface area contributed by atoms with Gasteiger partial charge in [-0.25, -0.2) is 4.79 Å². The average molecular weight is 466 g/mol. The van der Waals surface area contributed by atoms with Crippen molar-refractivity contribution in [3.63, 3.8) is 0 Å². The van der Waals surface area contributed by atoms with E-state index >= 15 is 0 Å². The summed E-state index contributed by atoms with van der Waals surface area (Å²) < 4.78 is 10.8. The topological polar surface area (TPSA) is 83.4 Å². The summed E-state index contributed by atoms with van der Waals surface area (Å²) in [5, 5.41) is 14.7. The van der Waals surface area contributed by atoms with E-state index in [2.05, 4.69) is 37.4 Å². The van der Waals surface area contributed by atoms with Crippen LogP contribution in [0.5, 0.6) is 11.5 Å². The molecule has 2 aromatic carbocycles. The van der Waals surface area contributed by atoms with Gasteiger partial charge in [-0.3, -0.25) is 10.3 Å². The molecule has 2 N–H and O–H groups in total. The maximum Gasteiger partial charge on any atom is 0.409 e. The number of carbonyl (C=O) groups is 1. The zero-order chi connectivity index (χ0) is 24.3. The summed E-state index contributed by atoms with van der Waals surface area (Å²) in [6, 6.07) is 12.0. The number of hydrogen-bond donors (Lipinski definition) is 2. The van der Waals surface area contributed by atoms with E-state index in [-0.39, 0.29) is 17.9 Å². The molecule has 34 heavy (non-hydrogen) atoms. The Balaban J connectivity index is 1.69. The third-order valence-corrected chi connectivity index (χ3v) is 6.85. The quantitative estimate of drug-likeness (QED) is 0.658. The van der Waals surface area contributed by atoms with E-state index < -0.39 is 5.66 Å². The number of rotatable bonds is 5. The molecule has 7 nitrogen and oxygen atoms in total. The molecular weight excluding hydrogens is 430 g/mol. The van der Waals surface area contributed by atoms with Crippen LogP contribution in [-0.2, 0) is 4.74 Å². The Bertz CT molecular complexity index is 1070. The van der Waals surface area contributed by atoms with Crippen LogP contribution in [0.1, 0.15) is 61.4 Å². The standard InChI is InChI=1S/C27H35N3O4/c1-5-33-24-9-7-8-21(25(24)31)23-17-22(20-11-10-18(3)19(4)16-20)28-27(29-23)12-14-30(15-13-27)26(32)34-6-2/h7-11,16,23,29,31H,5-6,12-15,17H2,1-4H3/t23-/m1/s1. The van der Waals surface area contributed by atoms with Crippen molar-refractivity contribution < 1.29 is 19.4 Å². The molecule has 0 aromatic heterocycles. The predicted octanol–water partition coefficient (Wildman–Crippen LogP) is 4.88. The van der Waals surface area contributed by atoms with Crippen LogP contribution in [-0.4, -0.2) is 53.8 Å². The summed E-state index contributed by atoms with van der Waals surface area (Å²) in [6.07, 6.45) is 1.71. The number of nitrogens with one attached hydrogen (secondary N) is 1. The SMILES string of the molecule is CCOC(=O)N1CCC2(CC1)N=C(c1ccc(C)c(C)c1)C[C@H](c1cccc(OCC)c1O)N2. The average Bonchev–Trinajstić information content (AvgIpc) is 2.82. The lowest BCUT2D eigenvalue weighted by Crippen LogP contribution is -2.56. The minimum absolute atomic E-state index is 0.136. The smallest absolute Gasteiger partial charge is 0.409 e. The van der Waals surface area contributed by atoms with Gasteiger partial charge in [-0.15, -0.1) is 0 Å². The third-order valence-electron chi connectivity index (χ3n) is 6.85. The van der Waals surface area contributed by atoms with E-state index in [1.165, 1.54) is 11.1 Å². The predicted molar refractivity (Wildman–Crippen MR) is 133 cm³/mol. The molecule has 4 rings (SSSR count). The van der Waals surface area contributed by atoms with E-state index in [1.54, 1.807) is 11.0 Å². The van der Waals surface area contributed by atoms with Gasteiger partial charge < -0.3 is 19.5 Å². The fourth-order valence-electron chi connectivity index (χ4n) is 4.82. The molecule has 1 spiro atoms. The van der Waals surface area contributed by atoms with Crippen LogP contribution >= 0.6 is 0 Å². The largest absolute Gasteiger partial charge is 0.504 e. The summed E-state index contributed by atoms with van der Waals surface area (Å²) in [5.74, 6) is 0.658. The second-order valence-corrected chi connectivity index (χ2v) is 9.10. The summed E-state index contributed by atoms with van der Waals surface area (Å²) >= 11 is 0. The molecule has 2 aliphatic heterocycles. The van der Waals surface area contributed by atoms with Crippen molar-refractivity contribution >= 4 is 11.8 Å². The minimum Gasteiger partial charge on any atom is -0.504 e. The molecule has 182 valence electrons. The van der Waals surface area contributed by atoms with Crippen molar-refractivity contribution in [2.24, 2.45) is 4.99 Å². The van der Waals surface area contributed by atoms with Gasteiger partial charge in [-0.1, -0.05) is 24.3 Å². The normalized spacial score (nSPS) is 19.6. The maximum atomic E-state index is 12.3. The lowest BCUT2D eigenvalue weighted by Gasteiger charge is -2.45. The molecule has 0 radical (unpaired) electrons. The number of aromatic hydroxyl groups is 1. The first-order valence-electron chi connectivity index (χ1n) is 12.2. The van der Waals surface area contributed by atoms with Gasteiger partial charge in [0.1, 0.15) is 5.66 Å². The first-order valence-corrected chi connectivity index (χ1v) is 12.2. The zero-order valence-electron chi connectivity index (χ0n) is 20.6. The van der Waals surface area contributed by atoms with Crippen LogP contribution < -0.4 is 10.1 Å². The summed E-state index contributed by atoms with van der Waals surface area (Å²) in [5.41, 5.74) is 4.86. The second kappa shape index (κ2) is 10.1. The molecule has 0 unspecified atom stereocenters. The Morgan fingerprint density at radius 3 is 2.59 bits per heavy atom. The number of para-hydroxylation sites is 1. The molecule has 0 bridgehead atoms. The molecule has 0 aliphatic carbocycles. The number of piperidine rings is 1. The number of benzene rings is 2. The van der Waals surface area contributed by atoms with Crippen LogP contribution in [0.25, 0.3) is 0 Å². The van der Waals surface area contributed by atoms with Gasteiger partial charge in [0.15, 0.2) is 11.5 Å². The molecule has 1 fully saturated rings. The van der Waals surface area contributed by atoms with E-state index in [9.17, 15) is 9.90 Å². The fraction of sp³-hybridized carbons (Fsp3) is 0.481. The van der Waals surface area contributed by atoms with E-state index in [1.807, 2.05) is 26.0 Å². The Kier molecular flexibility index (Phi) is 7.12. The van der Waals surface area contributed by atoms with Crippen molar-refractivity contribution in [1.82, 2.24) is 10.2 Å². The highest BCUT2D eigenvalue weighted by atomic mass is 16.6. The highest BCUT2D eigenvalue weighted by Gasteiger charge is 2.42. The third kappa shape index (κ3) is 4.89. The number of aliphatic imine (C=N–C) groups is 1. The maximum absolute atomic E-state index is 12.3. The molecule has 2 aliphatic rings. The van der Waals surface area contributed by atoms with Crippen molar-refractivity contribution in [3.8, 4) is 11.5 Å². The lowest BCUT2D eigenvalue weighted by atomic mass is 9.87. The van der Waals surface area contributed by atoms with Crippen LogP contribution in [0.15, 0.2) is 41.4 Å². The van der Waals surface area contributed by atoms with Gasteiger partial charge in [-0.2, -0.15) is 0 Å². The Morgan fingerprint density at radius 1 is 1.15 bits per heavy atom. The van der Waals surface area contributed by atoms with Gasteiger partial charge in [0.25, 0.3) is 0 Å². The highest BCUT2D eigenvalue weighted by Crippen LogP contribution is 2.40. The fourth-order valence-corrected chi connectivity index (χ4v) is 4.82.